The molecule has 9 heavy (non-hydrogen) atoms. The van der Waals surface area contributed by atoms with E-state index in [-0.39, 0.29) is 0 Å². The molecule has 0 radical (unpaired) electrons. The average molecular weight is 174 g/mol. The van der Waals surface area contributed by atoms with E-state index in [2.05, 4.69) is 23.8 Å². The van der Waals surface area contributed by atoms with Crippen molar-refractivity contribution in [3.63, 3.8) is 0 Å². The first-order valence-corrected chi connectivity index (χ1v) is 6.69. The van der Waals surface area contributed by atoms with Crippen molar-refractivity contribution in [3.8, 4) is 0 Å². The fraction of sp³-hybridized carbons (Fsp3) is 0.167. The second-order valence-electron chi connectivity index (χ2n) is 1.90. The third-order valence-electron chi connectivity index (χ3n) is 1.24. The zero-order valence-corrected chi connectivity index (χ0v) is 7.41. The predicted octanol–water partition coefficient (Wildman–Crippen LogP) is 3.17. The lowest BCUT2D eigenvalue weighted by atomic mass is 10.2. The monoisotopic (exact) mass is 174 g/mol. The fourth-order valence-electron chi connectivity index (χ4n) is 0.759. The summed E-state index contributed by atoms with van der Waals surface area (Å²) in [5.74, 6) is 0. The molecule has 3 heteroatoms. The number of hydrogen-bond acceptors (Lipinski definition) is 2. The Hall–Kier alpha value is 0.400. The Balaban J connectivity index is 2.44. The van der Waals surface area contributed by atoms with Crippen molar-refractivity contribution in [2.75, 3.05) is 0 Å². The van der Waals surface area contributed by atoms with Gasteiger partial charge in [-0.3, -0.25) is 0 Å². The lowest BCUT2D eigenvalue weighted by Crippen LogP contribution is -1.85. The van der Waals surface area contributed by atoms with E-state index in [0.29, 0.717) is 8.55 Å². The fourth-order valence-corrected chi connectivity index (χ4v) is 6.54. The Kier molecular flexibility index (Phi) is 1.51. The maximum atomic E-state index is 2.26. The summed E-state index contributed by atoms with van der Waals surface area (Å²) in [6, 6.07) is 0. The van der Waals surface area contributed by atoms with E-state index < -0.39 is 0 Å². The van der Waals surface area contributed by atoms with E-state index in [4.69, 9.17) is 0 Å². The van der Waals surface area contributed by atoms with Crippen LogP contribution in [0.1, 0.15) is 6.92 Å². The minimum Gasteiger partial charge on any atom is -0.0605 e. The van der Waals surface area contributed by atoms with Gasteiger partial charge in [0.25, 0.3) is 0 Å². The van der Waals surface area contributed by atoms with Crippen molar-refractivity contribution < 1.29 is 0 Å². The van der Waals surface area contributed by atoms with Crippen LogP contribution < -0.4 is 0 Å². The molecule has 0 aromatic rings. The maximum Gasteiger partial charge on any atom is 0.0225 e. The highest BCUT2D eigenvalue weighted by atomic mass is 33.5. The summed E-state index contributed by atoms with van der Waals surface area (Å²) in [7, 11) is 4.34. The van der Waals surface area contributed by atoms with Crippen molar-refractivity contribution in [1.29, 1.82) is 0 Å². The predicted molar refractivity (Wildman–Crippen MR) is 50.7 cm³/mol. The Labute approximate surface area is 64.5 Å². The molecule has 0 spiro atoms. The number of allylic oxidation sites excluding steroid dienone is 2. The smallest absolute Gasteiger partial charge is 0.0225 e. The molecule has 2 aliphatic rings. The lowest BCUT2D eigenvalue weighted by molar-refractivity contribution is 1.66. The molecule has 0 aromatic carbocycles. The van der Waals surface area contributed by atoms with E-state index in [1.54, 1.807) is 4.86 Å². The van der Waals surface area contributed by atoms with Crippen LogP contribution in [0.2, 0.25) is 0 Å². The largest absolute Gasteiger partial charge is 0.0605 e. The molecule has 48 valence electrons. The highest BCUT2D eigenvalue weighted by Crippen LogP contribution is 2.54. The summed E-state index contributed by atoms with van der Waals surface area (Å²) >= 11 is 0. The van der Waals surface area contributed by atoms with Gasteiger partial charge in [0, 0.05) is 4.86 Å². The van der Waals surface area contributed by atoms with E-state index in [1.807, 2.05) is 21.6 Å². The van der Waals surface area contributed by atoms with Gasteiger partial charge in [-0.1, -0.05) is 30.1 Å². The minimum atomic E-state index is 0.448. The molecule has 2 heterocycles. The highest BCUT2D eigenvalue weighted by molar-refractivity contribution is 9.17. The lowest BCUT2D eigenvalue weighted by Gasteiger charge is -1.91. The zero-order chi connectivity index (χ0) is 6.27. The van der Waals surface area contributed by atoms with Crippen LogP contribution >= 0.6 is 30.1 Å². The van der Waals surface area contributed by atoms with Gasteiger partial charge in [-0.15, -0.1) is 0 Å². The molecule has 0 saturated carbocycles. The molecular weight excluding hydrogens is 168 g/mol. The van der Waals surface area contributed by atoms with Crippen LogP contribution in [0.15, 0.2) is 22.5 Å². The van der Waals surface area contributed by atoms with E-state index in [1.165, 1.54) is 5.57 Å². The van der Waals surface area contributed by atoms with Gasteiger partial charge in [0.1, 0.15) is 0 Å². The Morgan fingerprint density at radius 1 is 1.44 bits per heavy atom. The molecule has 0 fully saturated rings. The van der Waals surface area contributed by atoms with E-state index >= 15 is 0 Å². The maximum absolute atomic E-state index is 2.26. The van der Waals surface area contributed by atoms with Gasteiger partial charge in [0.05, 0.1) is 0 Å². The third kappa shape index (κ3) is 0.914. The normalized spacial score (nSPS) is 31.0. The van der Waals surface area contributed by atoms with Crippen LogP contribution in [-0.2, 0) is 0 Å². The Morgan fingerprint density at radius 2 is 2.33 bits per heavy atom. The Morgan fingerprint density at radius 3 is 3.11 bits per heavy atom. The molecule has 0 aromatic heterocycles. The molecule has 0 N–H and O–H groups in total. The Bertz CT molecular complexity index is 235. The van der Waals surface area contributed by atoms with Gasteiger partial charge in [0.15, 0.2) is 0 Å². The van der Waals surface area contributed by atoms with Crippen LogP contribution in [0, 0.1) is 0 Å². The summed E-state index contributed by atoms with van der Waals surface area (Å²) in [6.45, 7) is 2.19. The van der Waals surface area contributed by atoms with Crippen LogP contribution in [0.4, 0.5) is 0 Å². The van der Waals surface area contributed by atoms with Crippen LogP contribution in [0.25, 0.3) is 0 Å². The number of hydrogen-bond donors (Lipinski definition) is 0. The first-order valence-electron chi connectivity index (χ1n) is 2.67. The van der Waals surface area contributed by atoms with E-state index in [9.17, 15) is 0 Å². The standard InChI is InChI=1S/C6H6S3/c1-5-4-8-9-6(5)2-3-7-9/h2-4H,1H3. The summed E-state index contributed by atoms with van der Waals surface area (Å²) in [6.07, 6.45) is 2.24. The quantitative estimate of drug-likeness (QED) is 0.408. The molecule has 0 aliphatic carbocycles. The SMILES string of the molecule is CC1=CSS2=C1C=CS2. The van der Waals surface area contributed by atoms with Crippen LogP contribution in [0.3, 0.4) is 0 Å². The van der Waals surface area contributed by atoms with Crippen LogP contribution in [-0.4, -0.2) is 4.86 Å². The molecule has 0 amide bonds. The molecule has 1 unspecified atom stereocenters. The van der Waals surface area contributed by atoms with Crippen molar-refractivity contribution in [2.24, 2.45) is 0 Å². The van der Waals surface area contributed by atoms with Gasteiger partial charge >= 0.3 is 0 Å². The molecule has 1 atom stereocenters. The summed E-state index contributed by atoms with van der Waals surface area (Å²) in [5, 5.41) is 4.46. The van der Waals surface area contributed by atoms with Gasteiger partial charge in [0.2, 0.25) is 0 Å². The van der Waals surface area contributed by atoms with Gasteiger partial charge in [-0.2, -0.15) is 0 Å². The van der Waals surface area contributed by atoms with Crippen molar-refractivity contribution >= 4 is 35.0 Å². The van der Waals surface area contributed by atoms with Crippen molar-refractivity contribution in [1.82, 2.24) is 0 Å². The second kappa shape index (κ2) is 2.22. The van der Waals surface area contributed by atoms with Crippen molar-refractivity contribution in [3.05, 3.63) is 22.5 Å². The molecule has 2 rings (SSSR count). The van der Waals surface area contributed by atoms with E-state index in [0.717, 1.165) is 0 Å². The molecule has 0 nitrogen and oxygen atoms in total. The molecular formula is C6H6S3. The van der Waals surface area contributed by atoms with Gasteiger partial charge in [-0.25, -0.2) is 0 Å². The van der Waals surface area contributed by atoms with Gasteiger partial charge in [-0.05, 0) is 29.4 Å². The topological polar surface area (TPSA) is 0 Å². The highest BCUT2D eigenvalue weighted by Gasteiger charge is 2.15. The zero-order valence-electron chi connectivity index (χ0n) is 4.96. The summed E-state index contributed by atoms with van der Waals surface area (Å²) in [5.41, 5.74) is 1.46. The first kappa shape index (κ1) is 6.13. The van der Waals surface area contributed by atoms with Crippen molar-refractivity contribution in [2.45, 2.75) is 6.92 Å². The minimum absolute atomic E-state index is 0.448. The molecule has 0 bridgehead atoms. The van der Waals surface area contributed by atoms with Gasteiger partial charge < -0.3 is 0 Å². The molecule has 2 aliphatic heterocycles. The summed E-state index contributed by atoms with van der Waals surface area (Å²) in [4.78, 5) is 1.55. The van der Waals surface area contributed by atoms with Crippen LogP contribution in [0.5, 0.6) is 0 Å². The first-order chi connectivity index (χ1) is 4.38. The molecule has 0 saturated heterocycles. The third-order valence-corrected chi connectivity index (χ3v) is 7.27. The average Bonchev–Trinajstić information content (AvgIpc) is 2.35. The summed E-state index contributed by atoms with van der Waals surface area (Å²) < 4.78 is 0. The number of rotatable bonds is 0. The second-order valence-corrected chi connectivity index (χ2v) is 7.48.